The summed E-state index contributed by atoms with van der Waals surface area (Å²) in [7, 11) is 0. The van der Waals surface area contributed by atoms with Gasteiger partial charge in [0.05, 0.1) is 0 Å². The number of nitrogens with one attached hydrogen (secondary N) is 2. The molecule has 54 valence electrons. The Kier molecular flexibility index (Phi) is 1.85. The van der Waals surface area contributed by atoms with Gasteiger partial charge in [-0.25, -0.2) is 0 Å². The zero-order valence-electron chi connectivity index (χ0n) is 5.68. The van der Waals surface area contributed by atoms with Gasteiger partial charge in [0.1, 0.15) is 5.84 Å². The van der Waals surface area contributed by atoms with Crippen molar-refractivity contribution in [2.75, 3.05) is 0 Å². The van der Waals surface area contributed by atoms with Crippen molar-refractivity contribution in [3.05, 3.63) is 12.7 Å². The smallest absolute Gasteiger partial charge is 0.228 e. The number of carbonyl (C=O) groups is 1. The topological polar surface area (TPSA) is 53.0 Å². The van der Waals surface area contributed by atoms with Crippen LogP contribution in [0.25, 0.3) is 0 Å². The molecule has 3 heteroatoms. The molecule has 1 fully saturated rings. The summed E-state index contributed by atoms with van der Waals surface area (Å²) >= 11 is 0. The molecular weight excluding hydrogens is 128 g/mol. The largest absolute Gasteiger partial charge is 0.311 e. The lowest BCUT2D eigenvalue weighted by Gasteiger charge is -1.98. The Morgan fingerprint density at radius 3 is 2.70 bits per heavy atom. The average molecular weight is 138 g/mol. The van der Waals surface area contributed by atoms with E-state index in [1.807, 2.05) is 0 Å². The molecule has 0 unspecified atom stereocenters. The Morgan fingerprint density at radius 2 is 2.30 bits per heavy atom. The molecule has 0 heterocycles. The predicted octanol–water partition coefficient (Wildman–Crippen LogP) is 0.676. The van der Waals surface area contributed by atoms with Crippen molar-refractivity contribution >= 4 is 11.7 Å². The minimum absolute atomic E-state index is 0.0371. The van der Waals surface area contributed by atoms with E-state index in [1.54, 1.807) is 0 Å². The molecular formula is C7H10N2O. The summed E-state index contributed by atoms with van der Waals surface area (Å²) in [5, 5.41) is 9.46. The number of hydrogen-bond donors (Lipinski definition) is 2. The van der Waals surface area contributed by atoms with Gasteiger partial charge in [0.25, 0.3) is 0 Å². The molecule has 1 aliphatic rings. The monoisotopic (exact) mass is 138 g/mol. The molecule has 10 heavy (non-hydrogen) atoms. The number of hydrogen-bond acceptors (Lipinski definition) is 2. The van der Waals surface area contributed by atoms with Gasteiger partial charge in [-0.3, -0.25) is 10.2 Å². The number of amidine groups is 1. The first-order valence-corrected chi connectivity index (χ1v) is 3.26. The highest BCUT2D eigenvalue weighted by atomic mass is 16.2. The molecule has 0 aromatic heterocycles. The highest BCUT2D eigenvalue weighted by Crippen LogP contribution is 2.28. The molecule has 0 aromatic carbocycles. The Labute approximate surface area is 59.6 Å². The van der Waals surface area contributed by atoms with Gasteiger partial charge in [0, 0.05) is 5.92 Å². The summed E-state index contributed by atoms with van der Waals surface area (Å²) in [6.45, 7) is 3.35. The zero-order valence-corrected chi connectivity index (χ0v) is 5.68. The normalized spacial score (nSPS) is 16.0. The third-order valence-electron chi connectivity index (χ3n) is 1.41. The van der Waals surface area contributed by atoms with Crippen LogP contribution in [0.3, 0.4) is 0 Å². The SMILES string of the molecule is C=CC(=N)NC(=O)C1CC1. The molecule has 1 saturated carbocycles. The summed E-state index contributed by atoms with van der Waals surface area (Å²) in [5.41, 5.74) is 0. The molecule has 0 atom stereocenters. The molecule has 0 aliphatic heterocycles. The zero-order chi connectivity index (χ0) is 7.56. The quantitative estimate of drug-likeness (QED) is 0.428. The van der Waals surface area contributed by atoms with Gasteiger partial charge in [0.2, 0.25) is 5.91 Å². The van der Waals surface area contributed by atoms with E-state index < -0.39 is 0 Å². The summed E-state index contributed by atoms with van der Waals surface area (Å²) in [6.07, 6.45) is 3.26. The van der Waals surface area contributed by atoms with E-state index in [-0.39, 0.29) is 17.7 Å². The third kappa shape index (κ3) is 1.69. The fourth-order valence-electron chi connectivity index (χ4n) is 0.631. The molecule has 1 rings (SSSR count). The first kappa shape index (κ1) is 6.99. The van der Waals surface area contributed by atoms with Crippen molar-refractivity contribution in [3.63, 3.8) is 0 Å². The second-order valence-corrected chi connectivity index (χ2v) is 2.38. The van der Waals surface area contributed by atoms with Crippen molar-refractivity contribution < 1.29 is 4.79 Å². The van der Waals surface area contributed by atoms with Crippen molar-refractivity contribution in [2.24, 2.45) is 5.92 Å². The summed E-state index contributed by atoms with van der Waals surface area (Å²) in [4.78, 5) is 10.9. The van der Waals surface area contributed by atoms with Crippen LogP contribution in [0.5, 0.6) is 0 Å². The number of rotatable bonds is 2. The van der Waals surface area contributed by atoms with E-state index in [0.29, 0.717) is 0 Å². The van der Waals surface area contributed by atoms with E-state index in [1.165, 1.54) is 6.08 Å². The fourth-order valence-corrected chi connectivity index (χ4v) is 0.631. The third-order valence-corrected chi connectivity index (χ3v) is 1.41. The predicted molar refractivity (Wildman–Crippen MR) is 38.8 cm³/mol. The molecule has 1 amide bonds. The Hall–Kier alpha value is -1.12. The summed E-state index contributed by atoms with van der Waals surface area (Å²) < 4.78 is 0. The van der Waals surface area contributed by atoms with Gasteiger partial charge < -0.3 is 5.32 Å². The van der Waals surface area contributed by atoms with Gasteiger partial charge in [-0.2, -0.15) is 0 Å². The number of amides is 1. The molecule has 1 aliphatic carbocycles. The minimum atomic E-state index is -0.0371. The van der Waals surface area contributed by atoms with Gasteiger partial charge in [-0.1, -0.05) is 6.58 Å². The van der Waals surface area contributed by atoms with Crippen molar-refractivity contribution in [1.29, 1.82) is 5.41 Å². The van der Waals surface area contributed by atoms with Crippen LogP contribution < -0.4 is 5.32 Å². The lowest BCUT2D eigenvalue weighted by atomic mass is 10.4. The van der Waals surface area contributed by atoms with Crippen LogP contribution in [0.1, 0.15) is 12.8 Å². The maximum absolute atomic E-state index is 10.9. The highest BCUT2D eigenvalue weighted by Gasteiger charge is 2.29. The molecule has 0 aromatic rings. The molecule has 0 spiro atoms. The van der Waals surface area contributed by atoms with Crippen LogP contribution in [-0.2, 0) is 4.79 Å². The van der Waals surface area contributed by atoms with E-state index >= 15 is 0 Å². The Balaban J connectivity index is 2.29. The van der Waals surface area contributed by atoms with E-state index in [0.717, 1.165) is 12.8 Å². The highest BCUT2D eigenvalue weighted by molar-refractivity contribution is 6.03. The lowest BCUT2D eigenvalue weighted by molar-refractivity contribution is -0.120. The Morgan fingerprint density at radius 1 is 1.70 bits per heavy atom. The molecule has 0 saturated heterocycles. The first-order valence-electron chi connectivity index (χ1n) is 3.26. The number of carbonyl (C=O) groups excluding carboxylic acids is 1. The van der Waals surface area contributed by atoms with Crippen LogP contribution in [0.15, 0.2) is 12.7 Å². The standard InChI is InChI=1S/C7H10N2O/c1-2-6(8)9-7(10)5-3-4-5/h2,5H,1,3-4H2,(H2,8,9,10). The Bertz CT molecular complexity index is 182. The van der Waals surface area contributed by atoms with Crippen LogP contribution in [0.2, 0.25) is 0 Å². The van der Waals surface area contributed by atoms with E-state index in [4.69, 9.17) is 5.41 Å². The summed E-state index contributed by atoms with van der Waals surface area (Å²) in [6, 6.07) is 0. The minimum Gasteiger partial charge on any atom is -0.311 e. The first-order chi connectivity index (χ1) is 4.74. The maximum Gasteiger partial charge on any atom is 0.228 e. The van der Waals surface area contributed by atoms with Crippen LogP contribution in [-0.4, -0.2) is 11.7 Å². The van der Waals surface area contributed by atoms with Crippen LogP contribution >= 0.6 is 0 Å². The van der Waals surface area contributed by atoms with E-state index in [2.05, 4.69) is 11.9 Å². The van der Waals surface area contributed by atoms with Crippen LogP contribution in [0, 0.1) is 11.3 Å². The lowest BCUT2D eigenvalue weighted by Crippen LogP contribution is -2.29. The van der Waals surface area contributed by atoms with Crippen molar-refractivity contribution in [2.45, 2.75) is 12.8 Å². The maximum atomic E-state index is 10.9. The van der Waals surface area contributed by atoms with Gasteiger partial charge in [-0.05, 0) is 18.9 Å². The van der Waals surface area contributed by atoms with Gasteiger partial charge >= 0.3 is 0 Å². The van der Waals surface area contributed by atoms with Crippen molar-refractivity contribution in [1.82, 2.24) is 5.32 Å². The van der Waals surface area contributed by atoms with Gasteiger partial charge in [-0.15, -0.1) is 0 Å². The molecule has 0 bridgehead atoms. The molecule has 0 radical (unpaired) electrons. The summed E-state index contributed by atoms with van der Waals surface area (Å²) in [5.74, 6) is 0.224. The second kappa shape index (κ2) is 2.64. The van der Waals surface area contributed by atoms with Crippen molar-refractivity contribution in [3.8, 4) is 0 Å². The van der Waals surface area contributed by atoms with E-state index in [9.17, 15) is 4.79 Å². The van der Waals surface area contributed by atoms with Crippen LogP contribution in [0.4, 0.5) is 0 Å². The average Bonchev–Trinajstić information content (AvgIpc) is 2.68. The molecule has 2 N–H and O–H groups in total. The molecule has 3 nitrogen and oxygen atoms in total. The second-order valence-electron chi connectivity index (χ2n) is 2.38. The van der Waals surface area contributed by atoms with Gasteiger partial charge in [0.15, 0.2) is 0 Å². The fraction of sp³-hybridized carbons (Fsp3) is 0.429.